The van der Waals surface area contributed by atoms with Crippen molar-refractivity contribution in [2.45, 2.75) is 13.3 Å². The van der Waals surface area contributed by atoms with E-state index in [4.69, 9.17) is 0 Å². The molecule has 3 amide bonds. The fourth-order valence-electron chi connectivity index (χ4n) is 5.94. The molecule has 7 rings (SSSR count). The topological polar surface area (TPSA) is 66.5 Å². The minimum Gasteiger partial charge on any atom is -0.322 e. The lowest BCUT2D eigenvalue weighted by Gasteiger charge is -2.37. The van der Waals surface area contributed by atoms with Crippen molar-refractivity contribution in [2.75, 3.05) is 10.2 Å². The molecule has 4 aliphatic carbocycles. The molecule has 6 atom stereocenters. The Hall–Kier alpha value is -2.73. The molecular formula is C25H21BrN2O3. The number of halogens is 1. The van der Waals surface area contributed by atoms with Crippen LogP contribution in [-0.4, -0.2) is 17.7 Å². The van der Waals surface area contributed by atoms with Crippen LogP contribution in [0.2, 0.25) is 0 Å². The molecule has 2 aromatic carbocycles. The normalized spacial score (nSPS) is 32.1. The summed E-state index contributed by atoms with van der Waals surface area (Å²) >= 11 is 3.42. The first-order valence-electron chi connectivity index (χ1n) is 10.7. The van der Waals surface area contributed by atoms with Gasteiger partial charge in [0.15, 0.2) is 0 Å². The zero-order valence-electron chi connectivity index (χ0n) is 16.9. The number of benzene rings is 2. The molecule has 5 aliphatic rings. The summed E-state index contributed by atoms with van der Waals surface area (Å²) in [5.41, 5.74) is 2.73. The van der Waals surface area contributed by atoms with Gasteiger partial charge in [-0.05, 0) is 85.0 Å². The quantitative estimate of drug-likeness (QED) is 0.521. The zero-order chi connectivity index (χ0) is 21.4. The predicted molar refractivity (Wildman–Crippen MR) is 120 cm³/mol. The lowest BCUT2D eigenvalue weighted by atomic mass is 9.63. The molecule has 0 aromatic heterocycles. The Balaban J connectivity index is 1.23. The van der Waals surface area contributed by atoms with E-state index in [2.05, 4.69) is 33.4 Å². The first-order chi connectivity index (χ1) is 14.9. The van der Waals surface area contributed by atoms with E-state index in [0.717, 1.165) is 22.1 Å². The maximum absolute atomic E-state index is 13.2. The predicted octanol–water partition coefficient (Wildman–Crippen LogP) is 4.57. The highest BCUT2D eigenvalue weighted by Gasteiger charge is 2.67. The molecule has 0 unspecified atom stereocenters. The highest BCUT2D eigenvalue weighted by atomic mass is 79.9. The van der Waals surface area contributed by atoms with Gasteiger partial charge in [-0.1, -0.05) is 28.1 Å². The molecule has 5 nitrogen and oxygen atoms in total. The molecule has 1 heterocycles. The molecule has 1 N–H and O–H groups in total. The van der Waals surface area contributed by atoms with Crippen LogP contribution in [0, 0.1) is 42.4 Å². The van der Waals surface area contributed by atoms with Gasteiger partial charge >= 0.3 is 0 Å². The van der Waals surface area contributed by atoms with E-state index in [-0.39, 0.29) is 41.4 Å². The Morgan fingerprint density at radius 1 is 0.968 bits per heavy atom. The fraction of sp³-hybridized carbons (Fsp3) is 0.320. The van der Waals surface area contributed by atoms with Crippen LogP contribution in [0.15, 0.2) is 59.1 Å². The van der Waals surface area contributed by atoms with Gasteiger partial charge in [0.2, 0.25) is 11.8 Å². The molecule has 3 fully saturated rings. The van der Waals surface area contributed by atoms with E-state index in [1.807, 2.05) is 25.1 Å². The Morgan fingerprint density at radius 3 is 2.16 bits per heavy atom. The summed E-state index contributed by atoms with van der Waals surface area (Å²) in [4.78, 5) is 40.5. The van der Waals surface area contributed by atoms with Gasteiger partial charge in [0.25, 0.3) is 5.91 Å². The molecule has 156 valence electrons. The fourth-order valence-corrected chi connectivity index (χ4v) is 6.41. The number of nitrogens with zero attached hydrogens (tertiary/aromatic N) is 1. The van der Waals surface area contributed by atoms with Crippen molar-refractivity contribution < 1.29 is 14.4 Å². The van der Waals surface area contributed by atoms with Crippen LogP contribution in [-0.2, 0) is 9.59 Å². The van der Waals surface area contributed by atoms with Crippen LogP contribution < -0.4 is 10.2 Å². The van der Waals surface area contributed by atoms with E-state index in [1.54, 1.807) is 24.3 Å². The maximum atomic E-state index is 13.2. The molecule has 6 heteroatoms. The zero-order valence-corrected chi connectivity index (χ0v) is 18.5. The summed E-state index contributed by atoms with van der Waals surface area (Å²) in [6.07, 6.45) is 5.50. The summed E-state index contributed by atoms with van der Waals surface area (Å²) in [7, 11) is 0. The second-order valence-electron chi connectivity index (χ2n) is 9.13. The highest BCUT2D eigenvalue weighted by Crippen LogP contribution is 2.65. The smallest absolute Gasteiger partial charge is 0.255 e. The summed E-state index contributed by atoms with van der Waals surface area (Å²) in [5.74, 6) is 0.768. The van der Waals surface area contributed by atoms with Gasteiger partial charge in [-0.3, -0.25) is 19.3 Å². The number of amides is 3. The number of carbonyl (C=O) groups is 3. The second kappa shape index (κ2) is 6.63. The van der Waals surface area contributed by atoms with Gasteiger partial charge in [-0.15, -0.1) is 0 Å². The molecule has 2 bridgehead atoms. The van der Waals surface area contributed by atoms with Gasteiger partial charge in [-0.2, -0.15) is 0 Å². The van der Waals surface area contributed by atoms with E-state index in [9.17, 15) is 14.4 Å². The van der Waals surface area contributed by atoms with Gasteiger partial charge < -0.3 is 5.32 Å². The molecule has 1 aliphatic heterocycles. The number of nitrogens with one attached hydrogen (secondary N) is 1. The van der Waals surface area contributed by atoms with Gasteiger partial charge in [0.1, 0.15) is 0 Å². The maximum Gasteiger partial charge on any atom is 0.255 e. The lowest BCUT2D eigenvalue weighted by Crippen LogP contribution is -2.40. The molecule has 0 spiro atoms. The Kier molecular flexibility index (Phi) is 4.06. The lowest BCUT2D eigenvalue weighted by molar-refractivity contribution is -0.124. The summed E-state index contributed by atoms with van der Waals surface area (Å²) in [6.45, 7) is 1.93. The standard InChI is InChI=1S/C25H21BrN2O3/c1-12-10-14(26)4-9-20(12)27-23(29)13-2-5-15(6-3-13)28-24(30)21-16-7-8-17(19-11-18(16)19)22(21)25(28)31/h2-10,16-19,21-22H,11H2,1H3,(H,27,29)/t16-,17-,18-,19-,21+,22+/m0/s1. The van der Waals surface area contributed by atoms with Crippen molar-refractivity contribution in [3.8, 4) is 0 Å². The van der Waals surface area contributed by atoms with Crippen molar-refractivity contribution >= 4 is 45.0 Å². The van der Waals surface area contributed by atoms with E-state index in [0.29, 0.717) is 23.1 Å². The minimum absolute atomic E-state index is 0.0811. The molecular weight excluding hydrogens is 456 g/mol. The average molecular weight is 477 g/mol. The van der Waals surface area contributed by atoms with Crippen molar-refractivity contribution in [1.29, 1.82) is 0 Å². The van der Waals surface area contributed by atoms with E-state index >= 15 is 0 Å². The van der Waals surface area contributed by atoms with Crippen molar-refractivity contribution in [2.24, 2.45) is 35.5 Å². The number of anilines is 2. The number of hydrogen-bond acceptors (Lipinski definition) is 3. The number of hydrogen-bond donors (Lipinski definition) is 1. The number of rotatable bonds is 3. The van der Waals surface area contributed by atoms with Crippen LogP contribution in [0.25, 0.3) is 0 Å². The molecule has 2 aromatic rings. The third-order valence-electron chi connectivity index (χ3n) is 7.49. The van der Waals surface area contributed by atoms with Crippen molar-refractivity contribution in [3.05, 3.63) is 70.2 Å². The first kappa shape index (κ1) is 19.0. The van der Waals surface area contributed by atoms with E-state index in [1.165, 1.54) is 4.90 Å². The van der Waals surface area contributed by atoms with Crippen LogP contribution in [0.4, 0.5) is 11.4 Å². The van der Waals surface area contributed by atoms with Crippen LogP contribution in [0.1, 0.15) is 22.3 Å². The first-order valence-corrected chi connectivity index (χ1v) is 11.5. The molecule has 0 radical (unpaired) electrons. The molecule has 31 heavy (non-hydrogen) atoms. The number of allylic oxidation sites excluding steroid dienone is 2. The number of aryl methyl sites for hydroxylation is 1. The summed E-state index contributed by atoms with van der Waals surface area (Å²) in [6, 6.07) is 12.4. The number of carbonyl (C=O) groups excluding carboxylic acids is 3. The van der Waals surface area contributed by atoms with Crippen molar-refractivity contribution in [3.63, 3.8) is 0 Å². The van der Waals surface area contributed by atoms with E-state index < -0.39 is 0 Å². The minimum atomic E-state index is -0.230. The SMILES string of the molecule is Cc1cc(Br)ccc1NC(=O)c1ccc(N2C(=O)[C@@H]3[C@H]4C=C[C@@H]([C@@H]5C[C@@H]45)[C@H]3C2=O)cc1. The third kappa shape index (κ3) is 2.77. The highest BCUT2D eigenvalue weighted by molar-refractivity contribution is 9.10. The van der Waals surface area contributed by atoms with Gasteiger partial charge in [-0.25, -0.2) is 0 Å². The Labute approximate surface area is 188 Å². The average Bonchev–Trinajstić information content (AvgIpc) is 3.54. The van der Waals surface area contributed by atoms with Crippen LogP contribution in [0.5, 0.6) is 0 Å². The molecule has 2 saturated carbocycles. The Bertz CT molecular complexity index is 1140. The molecule has 1 saturated heterocycles. The summed E-state index contributed by atoms with van der Waals surface area (Å²) < 4.78 is 0.953. The van der Waals surface area contributed by atoms with Gasteiger partial charge in [0, 0.05) is 15.7 Å². The van der Waals surface area contributed by atoms with Crippen LogP contribution in [0.3, 0.4) is 0 Å². The van der Waals surface area contributed by atoms with Gasteiger partial charge in [0.05, 0.1) is 17.5 Å². The summed E-state index contributed by atoms with van der Waals surface area (Å²) in [5, 5.41) is 2.91. The third-order valence-corrected chi connectivity index (χ3v) is 7.98. The number of imide groups is 1. The largest absolute Gasteiger partial charge is 0.322 e. The Morgan fingerprint density at radius 2 is 1.58 bits per heavy atom. The van der Waals surface area contributed by atoms with Crippen LogP contribution >= 0.6 is 15.9 Å². The monoisotopic (exact) mass is 476 g/mol. The second-order valence-corrected chi connectivity index (χ2v) is 10.0. The van der Waals surface area contributed by atoms with Crippen molar-refractivity contribution in [1.82, 2.24) is 0 Å².